The van der Waals surface area contributed by atoms with E-state index in [1.807, 2.05) is 0 Å². The molecule has 0 N–H and O–H groups in total. The van der Waals surface area contributed by atoms with Gasteiger partial charge in [-0.05, 0) is 100 Å². The third-order valence-corrected chi connectivity index (χ3v) is 7.27. The fraction of sp³-hybridized carbons (Fsp3) is 0.600. The maximum atomic E-state index is 11.4. The summed E-state index contributed by atoms with van der Waals surface area (Å²) in [6.07, 6.45) is 10.4. The fourth-order valence-corrected chi connectivity index (χ4v) is 5.36. The molecule has 0 bridgehead atoms. The van der Waals surface area contributed by atoms with Crippen LogP contribution in [0.25, 0.3) is 0 Å². The molecule has 1 aromatic carbocycles. The van der Waals surface area contributed by atoms with E-state index in [2.05, 4.69) is 45.0 Å². The number of allylic oxidation sites excluding steroid dienone is 1. The lowest BCUT2D eigenvalue weighted by Gasteiger charge is -2.29. The zero-order chi connectivity index (χ0) is 19.2. The van der Waals surface area contributed by atoms with Crippen molar-refractivity contribution in [2.75, 3.05) is 0 Å². The van der Waals surface area contributed by atoms with Gasteiger partial charge in [-0.25, -0.2) is 0 Å². The largest absolute Gasteiger partial charge is 0.300 e. The predicted molar refractivity (Wildman–Crippen MR) is 113 cm³/mol. The van der Waals surface area contributed by atoms with Crippen molar-refractivity contribution >= 4 is 11.5 Å². The number of fused-ring (bicyclic) bond motifs is 1. The summed E-state index contributed by atoms with van der Waals surface area (Å²) < 4.78 is 0. The quantitative estimate of drug-likeness (QED) is 0.633. The number of carbonyl (C=O) groups excluding carboxylic acids is 1. The molecule has 144 valence electrons. The molecule has 3 aliphatic rings. The number of nitrogens with zero attached hydrogens (tertiary/aromatic N) is 1. The minimum atomic E-state index is 0.153. The molecule has 4 rings (SSSR count). The summed E-state index contributed by atoms with van der Waals surface area (Å²) in [5.74, 6) is 2.29. The second kappa shape index (κ2) is 7.04. The molecular formula is C25H33NO. The van der Waals surface area contributed by atoms with E-state index in [1.165, 1.54) is 60.1 Å². The van der Waals surface area contributed by atoms with Gasteiger partial charge in [0, 0.05) is 18.1 Å². The number of hydrogen-bond acceptors (Lipinski definition) is 2. The van der Waals surface area contributed by atoms with E-state index >= 15 is 0 Å². The van der Waals surface area contributed by atoms with Crippen LogP contribution >= 0.6 is 0 Å². The van der Waals surface area contributed by atoms with E-state index in [4.69, 9.17) is 4.99 Å². The number of Topliss-reactive ketones (excluding diaryl/α,β-unsaturated/α-hetero) is 1. The van der Waals surface area contributed by atoms with Gasteiger partial charge in [-0.15, -0.1) is 0 Å². The standard InChI is InChI=1S/C25H33NO/c1-16-12-24-15-25(24,26-19(16)4)14-23-10-9-22(11-17(23)2)21-7-5-20(6-8-21)13-18(3)27/h9-12,20-21,24H,5-8,13-15H2,1-4H3. The third kappa shape index (κ3) is 3.81. The zero-order valence-electron chi connectivity index (χ0n) is 17.3. The molecule has 0 aromatic heterocycles. The molecular weight excluding hydrogens is 330 g/mol. The number of benzene rings is 1. The Labute approximate surface area is 164 Å². The Morgan fingerprint density at radius 1 is 1.15 bits per heavy atom. The Morgan fingerprint density at radius 2 is 1.89 bits per heavy atom. The molecule has 27 heavy (non-hydrogen) atoms. The van der Waals surface area contributed by atoms with E-state index < -0.39 is 0 Å². The fourth-order valence-electron chi connectivity index (χ4n) is 5.36. The van der Waals surface area contributed by atoms with Gasteiger partial charge in [-0.3, -0.25) is 4.99 Å². The summed E-state index contributed by atoms with van der Waals surface area (Å²) in [7, 11) is 0. The molecule has 0 amide bonds. The maximum absolute atomic E-state index is 11.4. The van der Waals surface area contributed by atoms with Crippen LogP contribution in [-0.4, -0.2) is 17.0 Å². The van der Waals surface area contributed by atoms with Crippen LogP contribution in [-0.2, 0) is 11.2 Å². The SMILES string of the molecule is CC(=O)CC1CCC(c2ccc(CC34CC3C=C(C)C(C)=N4)c(C)c2)CC1. The number of aryl methyl sites for hydroxylation is 1. The summed E-state index contributed by atoms with van der Waals surface area (Å²) in [6, 6.07) is 7.17. The summed E-state index contributed by atoms with van der Waals surface area (Å²) in [5.41, 5.74) is 7.14. The van der Waals surface area contributed by atoms with Crippen LogP contribution < -0.4 is 0 Å². The number of ketones is 1. The number of hydrogen-bond donors (Lipinski definition) is 0. The van der Waals surface area contributed by atoms with E-state index in [9.17, 15) is 4.79 Å². The Balaban J connectivity index is 1.42. The number of dihydropyridines is 1. The van der Waals surface area contributed by atoms with Crippen LogP contribution in [0.3, 0.4) is 0 Å². The average molecular weight is 364 g/mol. The summed E-state index contributed by atoms with van der Waals surface area (Å²) in [6.45, 7) is 8.34. The zero-order valence-corrected chi connectivity index (χ0v) is 17.3. The van der Waals surface area contributed by atoms with Crippen LogP contribution in [0.1, 0.15) is 81.9 Å². The number of aliphatic imine (C=N–C) groups is 1. The molecule has 0 spiro atoms. The van der Waals surface area contributed by atoms with Gasteiger partial charge in [0.25, 0.3) is 0 Å². The molecule has 0 radical (unpaired) electrons. The minimum Gasteiger partial charge on any atom is -0.300 e. The molecule has 1 aliphatic heterocycles. The van der Waals surface area contributed by atoms with E-state index in [0.717, 1.165) is 12.8 Å². The molecule has 2 nitrogen and oxygen atoms in total. The topological polar surface area (TPSA) is 29.4 Å². The van der Waals surface area contributed by atoms with Gasteiger partial charge in [0.1, 0.15) is 5.78 Å². The first-order chi connectivity index (χ1) is 12.9. The Morgan fingerprint density at radius 3 is 2.56 bits per heavy atom. The van der Waals surface area contributed by atoms with Gasteiger partial charge in [0.15, 0.2) is 0 Å². The van der Waals surface area contributed by atoms with Crippen LogP contribution in [0.5, 0.6) is 0 Å². The molecule has 2 unspecified atom stereocenters. The van der Waals surface area contributed by atoms with Gasteiger partial charge in [-0.2, -0.15) is 0 Å². The molecule has 1 heterocycles. The van der Waals surface area contributed by atoms with Crippen molar-refractivity contribution in [3.05, 3.63) is 46.5 Å². The van der Waals surface area contributed by atoms with Crippen LogP contribution in [0.4, 0.5) is 0 Å². The number of rotatable bonds is 5. The first-order valence-corrected chi connectivity index (χ1v) is 10.7. The molecule has 1 aromatic rings. The summed E-state index contributed by atoms with van der Waals surface area (Å²) in [5, 5.41) is 0. The Kier molecular flexibility index (Phi) is 4.86. The van der Waals surface area contributed by atoms with Crippen molar-refractivity contribution in [1.29, 1.82) is 0 Å². The van der Waals surface area contributed by atoms with Crippen molar-refractivity contribution < 1.29 is 4.79 Å². The van der Waals surface area contributed by atoms with Gasteiger partial charge in [-0.1, -0.05) is 24.3 Å². The van der Waals surface area contributed by atoms with E-state index in [-0.39, 0.29) is 5.54 Å². The minimum absolute atomic E-state index is 0.153. The van der Waals surface area contributed by atoms with Gasteiger partial charge < -0.3 is 4.79 Å². The molecule has 2 aliphatic carbocycles. The lowest BCUT2D eigenvalue weighted by molar-refractivity contribution is -0.118. The summed E-state index contributed by atoms with van der Waals surface area (Å²) >= 11 is 0. The average Bonchev–Trinajstić information content (AvgIpc) is 3.29. The Hall–Kier alpha value is -1.70. The van der Waals surface area contributed by atoms with E-state index in [0.29, 0.717) is 23.5 Å². The first-order valence-electron chi connectivity index (χ1n) is 10.7. The van der Waals surface area contributed by atoms with Crippen molar-refractivity contribution in [2.45, 2.75) is 84.1 Å². The predicted octanol–water partition coefficient (Wildman–Crippen LogP) is 5.97. The smallest absolute Gasteiger partial charge is 0.130 e. The maximum Gasteiger partial charge on any atom is 0.130 e. The Bertz CT molecular complexity index is 810. The highest BCUT2D eigenvalue weighted by atomic mass is 16.1. The van der Waals surface area contributed by atoms with Crippen LogP contribution in [0.2, 0.25) is 0 Å². The third-order valence-electron chi connectivity index (χ3n) is 7.27. The molecule has 2 heteroatoms. The highest BCUT2D eigenvalue weighted by Gasteiger charge is 2.54. The van der Waals surface area contributed by atoms with Gasteiger partial charge in [0.2, 0.25) is 0 Å². The monoisotopic (exact) mass is 363 g/mol. The lowest BCUT2D eigenvalue weighted by Crippen LogP contribution is -2.20. The van der Waals surface area contributed by atoms with Crippen LogP contribution in [0.15, 0.2) is 34.8 Å². The highest BCUT2D eigenvalue weighted by Crippen LogP contribution is 2.53. The molecule has 2 atom stereocenters. The van der Waals surface area contributed by atoms with E-state index in [1.54, 1.807) is 6.92 Å². The lowest BCUT2D eigenvalue weighted by atomic mass is 9.76. The second-order valence-corrected chi connectivity index (χ2v) is 9.45. The normalized spacial score (nSPS) is 32.4. The molecule has 2 saturated carbocycles. The van der Waals surface area contributed by atoms with Crippen molar-refractivity contribution in [1.82, 2.24) is 0 Å². The van der Waals surface area contributed by atoms with Crippen molar-refractivity contribution in [2.24, 2.45) is 16.8 Å². The second-order valence-electron chi connectivity index (χ2n) is 9.45. The van der Waals surface area contributed by atoms with Crippen LogP contribution in [0, 0.1) is 18.8 Å². The summed E-state index contributed by atoms with van der Waals surface area (Å²) in [4.78, 5) is 16.4. The molecule has 2 fully saturated rings. The van der Waals surface area contributed by atoms with Gasteiger partial charge >= 0.3 is 0 Å². The van der Waals surface area contributed by atoms with Crippen molar-refractivity contribution in [3.63, 3.8) is 0 Å². The van der Waals surface area contributed by atoms with Gasteiger partial charge in [0.05, 0.1) is 5.54 Å². The first kappa shape index (κ1) is 18.7. The highest BCUT2D eigenvalue weighted by molar-refractivity contribution is 5.99. The van der Waals surface area contributed by atoms with Crippen molar-refractivity contribution in [3.8, 4) is 0 Å². The molecule has 0 saturated heterocycles. The number of carbonyl (C=O) groups is 1.